The van der Waals surface area contributed by atoms with Crippen LogP contribution in [0.25, 0.3) is 16.6 Å². The molecule has 4 aromatic rings. The van der Waals surface area contributed by atoms with Crippen LogP contribution in [0.1, 0.15) is 18.1 Å². The number of aliphatic hydroxyl groups excluding tert-OH is 1. The number of aromatic nitrogens is 3. The van der Waals surface area contributed by atoms with Gasteiger partial charge in [-0.15, -0.1) is 0 Å². The molecule has 0 aliphatic heterocycles. The molecule has 0 fully saturated rings. The van der Waals surface area contributed by atoms with Crippen LogP contribution in [0.5, 0.6) is 0 Å². The fraction of sp³-hybridized carbons (Fsp3) is 0.143. The van der Waals surface area contributed by atoms with Crippen molar-refractivity contribution in [3.05, 3.63) is 78.5 Å². The molecule has 0 unspecified atom stereocenters. The van der Waals surface area contributed by atoms with Gasteiger partial charge < -0.3 is 14.8 Å². The summed E-state index contributed by atoms with van der Waals surface area (Å²) in [6, 6.07) is 11.9. The second-order valence-electron chi connectivity index (χ2n) is 6.16. The van der Waals surface area contributed by atoms with E-state index in [1.165, 1.54) is 11.1 Å². The highest BCUT2D eigenvalue weighted by atomic mass is 16.3. The molecule has 0 aromatic carbocycles. The molecule has 0 aliphatic carbocycles. The lowest BCUT2D eigenvalue weighted by Crippen LogP contribution is -1.96. The van der Waals surface area contributed by atoms with Crippen molar-refractivity contribution in [1.29, 1.82) is 0 Å². The molecule has 0 amide bonds. The number of pyridine rings is 3. The lowest BCUT2D eigenvalue weighted by atomic mass is 10.1. The first-order valence-electron chi connectivity index (χ1n) is 8.65. The van der Waals surface area contributed by atoms with E-state index in [9.17, 15) is 5.11 Å². The topological polar surface area (TPSA) is 62.5 Å². The Balaban J connectivity index is 1.75. The van der Waals surface area contributed by atoms with E-state index in [0.717, 1.165) is 34.6 Å². The van der Waals surface area contributed by atoms with Gasteiger partial charge in [-0.2, -0.15) is 0 Å². The van der Waals surface area contributed by atoms with Gasteiger partial charge in [0.2, 0.25) is 0 Å². The number of fused-ring (bicyclic) bond motifs is 1. The molecule has 4 rings (SSSR count). The molecule has 4 aromatic heterocycles. The van der Waals surface area contributed by atoms with E-state index in [1.54, 1.807) is 12.4 Å². The molecule has 0 saturated carbocycles. The fourth-order valence-electron chi connectivity index (χ4n) is 3.20. The maximum absolute atomic E-state index is 9.32. The Labute approximate surface area is 152 Å². The second kappa shape index (κ2) is 6.98. The van der Waals surface area contributed by atoms with E-state index < -0.39 is 0 Å². The zero-order valence-corrected chi connectivity index (χ0v) is 14.6. The average Bonchev–Trinajstić information content (AvgIpc) is 3.04. The first-order chi connectivity index (χ1) is 12.8. The number of hydrogen-bond donors (Lipinski definition) is 2. The highest BCUT2D eigenvalue weighted by Crippen LogP contribution is 2.29. The Kier molecular flexibility index (Phi) is 4.37. The Bertz CT molecular complexity index is 1040. The number of anilines is 2. The van der Waals surface area contributed by atoms with Crippen LogP contribution in [-0.2, 0) is 13.0 Å². The van der Waals surface area contributed by atoms with Crippen molar-refractivity contribution in [2.75, 3.05) is 5.32 Å². The Hall–Kier alpha value is -3.18. The van der Waals surface area contributed by atoms with Crippen LogP contribution < -0.4 is 5.32 Å². The van der Waals surface area contributed by atoms with Gasteiger partial charge in [0, 0.05) is 42.1 Å². The summed E-state index contributed by atoms with van der Waals surface area (Å²) in [5, 5.41) is 12.7. The van der Waals surface area contributed by atoms with E-state index in [1.807, 2.05) is 24.4 Å². The molecule has 0 radical (unpaired) electrons. The Morgan fingerprint density at radius 2 is 2.00 bits per heavy atom. The average molecular weight is 344 g/mol. The largest absolute Gasteiger partial charge is 0.392 e. The van der Waals surface area contributed by atoms with Crippen molar-refractivity contribution >= 4 is 17.0 Å². The monoisotopic (exact) mass is 344 g/mol. The lowest BCUT2D eigenvalue weighted by molar-refractivity contribution is 0.282. The van der Waals surface area contributed by atoms with Crippen molar-refractivity contribution in [3.63, 3.8) is 0 Å². The standard InChI is InChI=1S/C21H20N4O/c1-2-18-19(24-21-10-15(14-26)7-9-23-21)13-25-12-17(5-6-20(18)25)16-4-3-8-22-11-16/h3-13,26H,2,14H2,1H3,(H,23,24). The number of aliphatic hydroxyl groups is 1. The van der Waals surface area contributed by atoms with Gasteiger partial charge in [-0.05, 0) is 41.8 Å². The Morgan fingerprint density at radius 1 is 1.08 bits per heavy atom. The lowest BCUT2D eigenvalue weighted by Gasteiger charge is -2.07. The molecule has 0 aliphatic rings. The summed E-state index contributed by atoms with van der Waals surface area (Å²) in [5.74, 6) is 0.731. The van der Waals surface area contributed by atoms with Crippen LogP contribution in [0.4, 0.5) is 11.5 Å². The first kappa shape index (κ1) is 16.3. The third kappa shape index (κ3) is 3.05. The van der Waals surface area contributed by atoms with Crippen LogP contribution in [-0.4, -0.2) is 19.5 Å². The normalized spacial score (nSPS) is 11.0. The molecule has 2 N–H and O–H groups in total. The molecule has 26 heavy (non-hydrogen) atoms. The van der Waals surface area contributed by atoms with Gasteiger partial charge in [0.05, 0.1) is 17.8 Å². The van der Waals surface area contributed by atoms with Crippen molar-refractivity contribution in [1.82, 2.24) is 14.4 Å². The zero-order valence-electron chi connectivity index (χ0n) is 14.6. The smallest absolute Gasteiger partial charge is 0.130 e. The van der Waals surface area contributed by atoms with E-state index >= 15 is 0 Å². The molecule has 0 spiro atoms. The van der Waals surface area contributed by atoms with Crippen LogP contribution in [0.15, 0.2) is 67.4 Å². The highest BCUT2D eigenvalue weighted by Gasteiger charge is 2.11. The molecule has 4 heterocycles. The summed E-state index contributed by atoms with van der Waals surface area (Å²) in [5.41, 5.74) is 6.48. The van der Waals surface area contributed by atoms with Gasteiger partial charge in [-0.3, -0.25) is 4.98 Å². The summed E-state index contributed by atoms with van der Waals surface area (Å²) in [6.07, 6.45) is 10.5. The predicted octanol–water partition coefficient (Wildman–Crippen LogP) is 4.19. The minimum absolute atomic E-state index is 0.00401. The minimum Gasteiger partial charge on any atom is -0.392 e. The number of nitrogens with zero attached hydrogens (tertiary/aromatic N) is 3. The minimum atomic E-state index is 0.00401. The molecule has 0 saturated heterocycles. The molecule has 130 valence electrons. The van der Waals surface area contributed by atoms with Crippen LogP contribution in [0.2, 0.25) is 0 Å². The number of rotatable bonds is 5. The van der Waals surface area contributed by atoms with E-state index in [4.69, 9.17) is 0 Å². The van der Waals surface area contributed by atoms with E-state index in [2.05, 4.69) is 57.2 Å². The molecule has 5 heteroatoms. The van der Waals surface area contributed by atoms with E-state index in [-0.39, 0.29) is 6.61 Å². The SMILES string of the molecule is CCc1c(Nc2cc(CO)ccn2)cn2cc(-c3cccnc3)ccc12. The Morgan fingerprint density at radius 3 is 2.77 bits per heavy atom. The molecular weight excluding hydrogens is 324 g/mol. The van der Waals surface area contributed by atoms with Crippen molar-refractivity contribution < 1.29 is 5.11 Å². The number of hydrogen-bond acceptors (Lipinski definition) is 4. The summed E-state index contributed by atoms with van der Waals surface area (Å²) < 4.78 is 2.14. The van der Waals surface area contributed by atoms with Gasteiger partial charge in [0.15, 0.2) is 0 Å². The quantitative estimate of drug-likeness (QED) is 0.570. The van der Waals surface area contributed by atoms with Gasteiger partial charge >= 0.3 is 0 Å². The third-order valence-electron chi connectivity index (χ3n) is 4.50. The van der Waals surface area contributed by atoms with Crippen molar-refractivity contribution in [3.8, 4) is 11.1 Å². The molecular formula is C21H20N4O. The fourth-order valence-corrected chi connectivity index (χ4v) is 3.20. The zero-order chi connectivity index (χ0) is 17.9. The van der Waals surface area contributed by atoms with Gasteiger partial charge in [-0.25, -0.2) is 4.98 Å². The van der Waals surface area contributed by atoms with Crippen LogP contribution >= 0.6 is 0 Å². The number of nitrogens with one attached hydrogen (secondary N) is 1. The molecule has 0 atom stereocenters. The van der Waals surface area contributed by atoms with Crippen LogP contribution in [0.3, 0.4) is 0 Å². The first-order valence-corrected chi connectivity index (χ1v) is 8.65. The van der Waals surface area contributed by atoms with Crippen molar-refractivity contribution in [2.24, 2.45) is 0 Å². The molecule has 5 nitrogen and oxygen atoms in total. The second-order valence-corrected chi connectivity index (χ2v) is 6.16. The van der Waals surface area contributed by atoms with Gasteiger partial charge in [-0.1, -0.05) is 19.1 Å². The number of aryl methyl sites for hydroxylation is 1. The summed E-state index contributed by atoms with van der Waals surface area (Å²) >= 11 is 0. The third-order valence-corrected chi connectivity index (χ3v) is 4.50. The van der Waals surface area contributed by atoms with Crippen LogP contribution in [0, 0.1) is 0 Å². The van der Waals surface area contributed by atoms with Gasteiger partial charge in [0.25, 0.3) is 0 Å². The van der Waals surface area contributed by atoms with Crippen molar-refractivity contribution in [2.45, 2.75) is 20.0 Å². The maximum atomic E-state index is 9.32. The van der Waals surface area contributed by atoms with E-state index in [0.29, 0.717) is 0 Å². The predicted molar refractivity (Wildman–Crippen MR) is 103 cm³/mol. The summed E-state index contributed by atoms with van der Waals surface area (Å²) in [4.78, 5) is 8.56. The summed E-state index contributed by atoms with van der Waals surface area (Å²) in [7, 11) is 0. The molecule has 0 bridgehead atoms. The highest BCUT2D eigenvalue weighted by molar-refractivity contribution is 5.75. The summed E-state index contributed by atoms with van der Waals surface area (Å²) in [6.45, 7) is 2.15. The maximum Gasteiger partial charge on any atom is 0.130 e. The van der Waals surface area contributed by atoms with Gasteiger partial charge in [0.1, 0.15) is 5.82 Å².